The van der Waals surface area contributed by atoms with E-state index in [1.54, 1.807) is 6.07 Å². The van der Waals surface area contributed by atoms with Gasteiger partial charge < -0.3 is 5.11 Å². The van der Waals surface area contributed by atoms with Crippen LogP contribution in [0.25, 0.3) is 0 Å². The van der Waals surface area contributed by atoms with Crippen molar-refractivity contribution in [3.8, 4) is 0 Å². The number of hydrogen-bond acceptors (Lipinski definition) is 2. The molecule has 0 spiro atoms. The number of aryl methyl sites for hydroxylation is 1. The van der Waals surface area contributed by atoms with Gasteiger partial charge in [-0.2, -0.15) is 0 Å². The zero-order valence-corrected chi connectivity index (χ0v) is 11.4. The minimum absolute atomic E-state index is 0.0129. The Kier molecular flexibility index (Phi) is 4.65. The highest BCUT2D eigenvalue weighted by Gasteiger charge is 2.23. The zero-order chi connectivity index (χ0) is 13.9. The van der Waals surface area contributed by atoms with Crippen molar-refractivity contribution in [3.63, 3.8) is 0 Å². The van der Waals surface area contributed by atoms with Crippen LogP contribution in [0.4, 0.5) is 0 Å². The van der Waals surface area contributed by atoms with E-state index in [1.807, 2.05) is 32.9 Å². The molecule has 3 heteroatoms. The lowest BCUT2D eigenvalue weighted by atomic mass is 9.82. The van der Waals surface area contributed by atoms with Gasteiger partial charge in [0.1, 0.15) is 0 Å². The highest BCUT2D eigenvalue weighted by atomic mass is 16.4. The van der Waals surface area contributed by atoms with Gasteiger partial charge in [0, 0.05) is 5.56 Å². The maximum Gasteiger partial charge on any atom is 0.303 e. The van der Waals surface area contributed by atoms with Crippen LogP contribution in [0.15, 0.2) is 18.2 Å². The monoisotopic (exact) mass is 248 g/mol. The van der Waals surface area contributed by atoms with Gasteiger partial charge in [0.2, 0.25) is 0 Å². The highest BCUT2D eigenvalue weighted by Crippen LogP contribution is 2.31. The molecule has 1 aromatic rings. The summed E-state index contributed by atoms with van der Waals surface area (Å²) in [6.07, 6.45) is 0.0569. The van der Waals surface area contributed by atoms with Crippen LogP contribution >= 0.6 is 0 Å². The Labute approximate surface area is 108 Å². The minimum atomic E-state index is -0.829. The average Bonchev–Trinajstić information content (AvgIpc) is 2.24. The van der Waals surface area contributed by atoms with Gasteiger partial charge in [-0.05, 0) is 31.2 Å². The summed E-state index contributed by atoms with van der Waals surface area (Å²) in [7, 11) is 0. The lowest BCUT2D eigenvalue weighted by molar-refractivity contribution is -0.137. The number of rotatable bonds is 5. The van der Waals surface area contributed by atoms with Gasteiger partial charge in [-0.1, -0.05) is 37.6 Å². The second kappa shape index (κ2) is 5.80. The predicted molar refractivity (Wildman–Crippen MR) is 71.0 cm³/mol. The van der Waals surface area contributed by atoms with Crippen LogP contribution in [0.2, 0.25) is 0 Å². The van der Waals surface area contributed by atoms with Crippen molar-refractivity contribution >= 4 is 11.8 Å². The van der Waals surface area contributed by atoms with Gasteiger partial charge in [0.25, 0.3) is 0 Å². The molecular formula is C15H20O3. The third-order valence-corrected chi connectivity index (χ3v) is 3.19. The summed E-state index contributed by atoms with van der Waals surface area (Å²) in [5, 5.41) is 9.01. The lowest BCUT2D eigenvalue weighted by Gasteiger charge is -2.22. The second-order valence-corrected chi connectivity index (χ2v) is 5.10. The number of benzene rings is 1. The van der Waals surface area contributed by atoms with Crippen molar-refractivity contribution in [3.05, 3.63) is 34.9 Å². The standard InChI is InChI=1S/C15H20O3/c1-9(2)13(8-15(17)18)14-7-10(3)5-6-12(14)11(4)16/h5-7,9,13H,8H2,1-4H3,(H,17,18)/t13-/m0/s1. The van der Waals surface area contributed by atoms with Crippen LogP contribution in [0.3, 0.4) is 0 Å². The van der Waals surface area contributed by atoms with E-state index < -0.39 is 5.97 Å². The number of carbonyl (C=O) groups excluding carboxylic acids is 1. The van der Waals surface area contributed by atoms with Crippen LogP contribution in [0, 0.1) is 12.8 Å². The van der Waals surface area contributed by atoms with Crippen LogP contribution in [-0.2, 0) is 4.79 Å². The molecule has 1 N–H and O–H groups in total. The first kappa shape index (κ1) is 14.4. The molecule has 1 atom stereocenters. The molecule has 0 aliphatic rings. The molecule has 18 heavy (non-hydrogen) atoms. The zero-order valence-electron chi connectivity index (χ0n) is 11.4. The molecule has 0 bridgehead atoms. The Morgan fingerprint density at radius 1 is 1.28 bits per heavy atom. The van der Waals surface area contributed by atoms with Gasteiger partial charge in [-0.3, -0.25) is 9.59 Å². The molecule has 0 heterocycles. The molecule has 98 valence electrons. The molecule has 0 radical (unpaired) electrons. The van der Waals surface area contributed by atoms with E-state index in [9.17, 15) is 9.59 Å². The summed E-state index contributed by atoms with van der Waals surface area (Å²) >= 11 is 0. The van der Waals surface area contributed by atoms with E-state index in [-0.39, 0.29) is 24.0 Å². The number of carboxylic acid groups (broad SMARTS) is 1. The topological polar surface area (TPSA) is 54.4 Å². The van der Waals surface area contributed by atoms with Gasteiger partial charge in [-0.25, -0.2) is 0 Å². The average molecular weight is 248 g/mol. The van der Waals surface area contributed by atoms with Crippen LogP contribution < -0.4 is 0 Å². The highest BCUT2D eigenvalue weighted by molar-refractivity contribution is 5.96. The Morgan fingerprint density at radius 3 is 2.33 bits per heavy atom. The molecule has 3 nitrogen and oxygen atoms in total. The third-order valence-electron chi connectivity index (χ3n) is 3.19. The quantitative estimate of drug-likeness (QED) is 0.812. The molecular weight excluding hydrogens is 228 g/mol. The first-order chi connectivity index (χ1) is 8.32. The number of hydrogen-bond donors (Lipinski definition) is 1. The number of ketones is 1. The molecule has 0 fully saturated rings. The van der Waals surface area contributed by atoms with E-state index in [0.29, 0.717) is 5.56 Å². The van der Waals surface area contributed by atoms with Crippen molar-refractivity contribution in [1.29, 1.82) is 0 Å². The third kappa shape index (κ3) is 3.42. The summed E-state index contributed by atoms with van der Waals surface area (Å²) in [6.45, 7) is 7.44. The molecule has 0 aliphatic heterocycles. The molecule has 0 saturated carbocycles. The van der Waals surface area contributed by atoms with E-state index in [2.05, 4.69) is 0 Å². The summed E-state index contributed by atoms with van der Waals surface area (Å²) in [5.74, 6) is -0.784. The van der Waals surface area contributed by atoms with Crippen molar-refractivity contribution in [1.82, 2.24) is 0 Å². The van der Waals surface area contributed by atoms with Crippen molar-refractivity contribution in [2.24, 2.45) is 5.92 Å². The SMILES string of the molecule is CC(=O)c1ccc(C)cc1[C@@H](CC(=O)O)C(C)C. The van der Waals surface area contributed by atoms with Gasteiger partial charge in [0.05, 0.1) is 6.42 Å². The number of carboxylic acids is 1. The molecule has 0 amide bonds. The fraction of sp³-hybridized carbons (Fsp3) is 0.467. The molecule has 1 rings (SSSR count). The van der Waals surface area contributed by atoms with E-state index >= 15 is 0 Å². The Hall–Kier alpha value is -1.64. The van der Waals surface area contributed by atoms with Gasteiger partial charge >= 0.3 is 5.97 Å². The van der Waals surface area contributed by atoms with Gasteiger partial charge in [0.15, 0.2) is 5.78 Å². The van der Waals surface area contributed by atoms with Crippen LogP contribution in [0.1, 0.15) is 54.6 Å². The summed E-state index contributed by atoms with van der Waals surface area (Å²) in [6, 6.07) is 5.62. The summed E-state index contributed by atoms with van der Waals surface area (Å²) in [5.41, 5.74) is 2.55. The summed E-state index contributed by atoms with van der Waals surface area (Å²) in [4.78, 5) is 22.6. The number of aliphatic carboxylic acids is 1. The maximum absolute atomic E-state index is 11.6. The molecule has 0 aromatic heterocycles. The van der Waals surface area contributed by atoms with E-state index in [0.717, 1.165) is 11.1 Å². The molecule has 0 aliphatic carbocycles. The predicted octanol–water partition coefficient (Wildman–Crippen LogP) is 3.41. The van der Waals surface area contributed by atoms with Gasteiger partial charge in [-0.15, -0.1) is 0 Å². The fourth-order valence-corrected chi connectivity index (χ4v) is 2.20. The van der Waals surface area contributed by atoms with E-state index in [1.165, 1.54) is 6.92 Å². The van der Waals surface area contributed by atoms with Crippen LogP contribution in [-0.4, -0.2) is 16.9 Å². The Bertz CT molecular complexity index is 461. The molecule has 0 saturated heterocycles. The first-order valence-corrected chi connectivity index (χ1v) is 6.16. The van der Waals surface area contributed by atoms with Crippen molar-refractivity contribution in [2.45, 2.75) is 40.0 Å². The smallest absolute Gasteiger partial charge is 0.303 e. The largest absolute Gasteiger partial charge is 0.481 e. The maximum atomic E-state index is 11.6. The molecule has 1 aromatic carbocycles. The van der Waals surface area contributed by atoms with Crippen LogP contribution in [0.5, 0.6) is 0 Å². The lowest BCUT2D eigenvalue weighted by Crippen LogP contribution is -2.15. The summed E-state index contributed by atoms with van der Waals surface area (Å²) < 4.78 is 0. The Morgan fingerprint density at radius 2 is 1.89 bits per heavy atom. The first-order valence-electron chi connectivity index (χ1n) is 6.16. The number of carbonyl (C=O) groups is 2. The second-order valence-electron chi connectivity index (χ2n) is 5.10. The van der Waals surface area contributed by atoms with Crippen molar-refractivity contribution < 1.29 is 14.7 Å². The van der Waals surface area contributed by atoms with E-state index in [4.69, 9.17) is 5.11 Å². The minimum Gasteiger partial charge on any atom is -0.481 e. The Balaban J connectivity index is 3.29. The number of Topliss-reactive ketones (excluding diaryl/α,β-unsaturated/α-hetero) is 1. The fourth-order valence-electron chi connectivity index (χ4n) is 2.20. The molecule has 0 unspecified atom stereocenters. The normalized spacial score (nSPS) is 12.5. The van der Waals surface area contributed by atoms with Crippen molar-refractivity contribution in [2.75, 3.05) is 0 Å².